The lowest BCUT2D eigenvalue weighted by Crippen LogP contribution is -2.51. The lowest BCUT2D eigenvalue weighted by Gasteiger charge is -2.34. The second kappa shape index (κ2) is 7.64. The number of ether oxygens (including phenoxy) is 1. The smallest absolute Gasteiger partial charge is 0.260 e. The Morgan fingerprint density at radius 2 is 1.69 bits per heavy atom. The highest BCUT2D eigenvalue weighted by molar-refractivity contribution is 5.95. The number of nitrogens with zero attached hydrogens (tertiary/aromatic N) is 2. The van der Waals surface area contributed by atoms with Crippen molar-refractivity contribution in [2.75, 3.05) is 32.8 Å². The lowest BCUT2D eigenvalue weighted by molar-refractivity contribution is -0.134. The van der Waals surface area contributed by atoms with E-state index in [4.69, 9.17) is 4.74 Å². The molecule has 1 N–H and O–H groups in total. The summed E-state index contributed by atoms with van der Waals surface area (Å²) in [5, 5.41) is 0. The molecule has 0 aliphatic carbocycles. The standard InChI is InChI=1S/C20H25N3O3/c1-14-6-4-5-7-18(14)26-13-19(24)22-8-10-23(11-9-22)20(25)17-12-15(2)21-16(17)3/h4-7,12,21H,8-11,13H2,1-3H3. The minimum Gasteiger partial charge on any atom is -0.484 e. The number of aryl methyl sites for hydroxylation is 3. The highest BCUT2D eigenvalue weighted by Gasteiger charge is 2.26. The van der Waals surface area contributed by atoms with Crippen molar-refractivity contribution in [3.05, 3.63) is 52.8 Å². The Hall–Kier alpha value is -2.76. The largest absolute Gasteiger partial charge is 0.484 e. The van der Waals surface area contributed by atoms with Crippen molar-refractivity contribution >= 4 is 11.8 Å². The molecule has 2 amide bonds. The molecule has 1 saturated heterocycles. The molecule has 0 spiro atoms. The monoisotopic (exact) mass is 355 g/mol. The van der Waals surface area contributed by atoms with Gasteiger partial charge in [0.1, 0.15) is 5.75 Å². The molecule has 0 saturated carbocycles. The fourth-order valence-corrected chi connectivity index (χ4v) is 3.22. The van der Waals surface area contributed by atoms with Crippen molar-refractivity contribution < 1.29 is 14.3 Å². The minimum absolute atomic E-state index is 0.0227. The van der Waals surface area contributed by atoms with E-state index in [0.29, 0.717) is 31.7 Å². The molecule has 1 fully saturated rings. The molecule has 1 aromatic carbocycles. The summed E-state index contributed by atoms with van der Waals surface area (Å²) in [6, 6.07) is 9.52. The normalized spacial score (nSPS) is 14.4. The molecular formula is C20H25N3O3. The van der Waals surface area contributed by atoms with Gasteiger partial charge in [-0.15, -0.1) is 0 Å². The highest BCUT2D eigenvalue weighted by Crippen LogP contribution is 2.17. The Morgan fingerprint density at radius 1 is 1.04 bits per heavy atom. The predicted octanol–water partition coefficient (Wildman–Crippen LogP) is 2.30. The van der Waals surface area contributed by atoms with E-state index in [9.17, 15) is 9.59 Å². The third-order valence-corrected chi connectivity index (χ3v) is 4.74. The Kier molecular flexibility index (Phi) is 5.30. The Balaban J connectivity index is 1.51. The number of aromatic amines is 1. The van der Waals surface area contributed by atoms with Crippen LogP contribution in [-0.2, 0) is 4.79 Å². The number of nitrogens with one attached hydrogen (secondary N) is 1. The molecule has 2 heterocycles. The zero-order chi connectivity index (χ0) is 18.7. The fraction of sp³-hybridized carbons (Fsp3) is 0.400. The first kappa shape index (κ1) is 18.0. The molecule has 1 aromatic heterocycles. The number of amides is 2. The van der Waals surface area contributed by atoms with Gasteiger partial charge in [-0.2, -0.15) is 0 Å². The third kappa shape index (κ3) is 3.90. The summed E-state index contributed by atoms with van der Waals surface area (Å²) < 4.78 is 5.64. The number of hydrogen-bond acceptors (Lipinski definition) is 3. The molecule has 26 heavy (non-hydrogen) atoms. The number of hydrogen-bond donors (Lipinski definition) is 1. The van der Waals surface area contributed by atoms with Gasteiger partial charge in [-0.3, -0.25) is 9.59 Å². The van der Waals surface area contributed by atoms with Gasteiger partial charge in [0.15, 0.2) is 6.61 Å². The number of piperazine rings is 1. The van der Waals surface area contributed by atoms with Crippen LogP contribution < -0.4 is 4.74 Å². The molecule has 2 aromatic rings. The van der Waals surface area contributed by atoms with Crippen molar-refractivity contribution in [2.45, 2.75) is 20.8 Å². The molecule has 0 unspecified atom stereocenters. The number of carbonyl (C=O) groups excluding carboxylic acids is 2. The summed E-state index contributed by atoms with van der Waals surface area (Å²) in [7, 11) is 0. The molecule has 138 valence electrons. The van der Waals surface area contributed by atoms with Crippen LogP contribution in [0, 0.1) is 20.8 Å². The molecule has 0 atom stereocenters. The van der Waals surface area contributed by atoms with Crippen LogP contribution in [0.25, 0.3) is 0 Å². The summed E-state index contributed by atoms with van der Waals surface area (Å²) in [4.78, 5) is 31.7. The SMILES string of the molecule is Cc1cc(C(=O)N2CCN(C(=O)COc3ccccc3C)CC2)c(C)[nH]1. The first-order chi connectivity index (χ1) is 12.5. The van der Waals surface area contributed by atoms with Crippen LogP contribution in [0.2, 0.25) is 0 Å². The maximum atomic E-state index is 12.6. The minimum atomic E-state index is -0.0472. The number of para-hydroxylation sites is 1. The first-order valence-electron chi connectivity index (χ1n) is 8.87. The van der Waals surface area contributed by atoms with E-state index in [-0.39, 0.29) is 18.4 Å². The van der Waals surface area contributed by atoms with Crippen LogP contribution >= 0.6 is 0 Å². The van der Waals surface area contributed by atoms with E-state index in [1.165, 1.54) is 0 Å². The number of rotatable bonds is 4. The van der Waals surface area contributed by atoms with E-state index in [1.54, 1.807) is 4.90 Å². The maximum absolute atomic E-state index is 12.6. The van der Waals surface area contributed by atoms with Gasteiger partial charge in [-0.25, -0.2) is 0 Å². The van der Waals surface area contributed by atoms with Crippen molar-refractivity contribution in [1.29, 1.82) is 0 Å². The summed E-state index contributed by atoms with van der Waals surface area (Å²) in [6.45, 7) is 7.97. The number of carbonyl (C=O) groups is 2. The van der Waals surface area contributed by atoms with E-state index in [0.717, 1.165) is 22.7 Å². The Morgan fingerprint density at radius 3 is 2.31 bits per heavy atom. The Labute approximate surface area is 153 Å². The Bertz CT molecular complexity index is 804. The summed E-state index contributed by atoms with van der Waals surface area (Å²) >= 11 is 0. The topological polar surface area (TPSA) is 65.6 Å². The van der Waals surface area contributed by atoms with Gasteiger partial charge in [0.2, 0.25) is 0 Å². The number of H-pyrrole nitrogens is 1. The van der Waals surface area contributed by atoms with Gasteiger partial charge in [0, 0.05) is 37.6 Å². The predicted molar refractivity (Wildman–Crippen MR) is 99.4 cm³/mol. The van der Waals surface area contributed by atoms with Crippen molar-refractivity contribution in [1.82, 2.24) is 14.8 Å². The van der Waals surface area contributed by atoms with Gasteiger partial charge >= 0.3 is 0 Å². The van der Waals surface area contributed by atoms with Crippen molar-refractivity contribution in [2.24, 2.45) is 0 Å². The number of aromatic nitrogens is 1. The van der Waals surface area contributed by atoms with Crippen LogP contribution in [0.15, 0.2) is 30.3 Å². The zero-order valence-corrected chi connectivity index (χ0v) is 15.5. The van der Waals surface area contributed by atoms with Crippen LogP contribution in [0.4, 0.5) is 0 Å². The van der Waals surface area contributed by atoms with Crippen molar-refractivity contribution in [3.8, 4) is 5.75 Å². The molecule has 1 aliphatic rings. The van der Waals surface area contributed by atoms with Gasteiger partial charge in [0.05, 0.1) is 5.56 Å². The molecule has 6 nitrogen and oxygen atoms in total. The fourth-order valence-electron chi connectivity index (χ4n) is 3.22. The van der Waals surface area contributed by atoms with Crippen LogP contribution in [0.5, 0.6) is 5.75 Å². The molecule has 0 bridgehead atoms. The van der Waals surface area contributed by atoms with Crippen LogP contribution in [-0.4, -0.2) is 59.4 Å². The highest BCUT2D eigenvalue weighted by atomic mass is 16.5. The summed E-state index contributed by atoms with van der Waals surface area (Å²) in [5.74, 6) is 0.706. The van der Waals surface area contributed by atoms with Crippen LogP contribution in [0.1, 0.15) is 27.3 Å². The van der Waals surface area contributed by atoms with Gasteiger partial charge in [-0.1, -0.05) is 18.2 Å². The molecule has 0 radical (unpaired) electrons. The molecule has 1 aliphatic heterocycles. The van der Waals surface area contributed by atoms with Crippen LogP contribution in [0.3, 0.4) is 0 Å². The molecule has 3 rings (SSSR count). The van der Waals surface area contributed by atoms with E-state index in [1.807, 2.05) is 56.0 Å². The molecule has 6 heteroatoms. The van der Waals surface area contributed by atoms with E-state index >= 15 is 0 Å². The lowest BCUT2D eigenvalue weighted by atomic mass is 10.2. The second-order valence-corrected chi connectivity index (χ2v) is 6.72. The third-order valence-electron chi connectivity index (χ3n) is 4.74. The van der Waals surface area contributed by atoms with Gasteiger partial charge < -0.3 is 19.5 Å². The first-order valence-corrected chi connectivity index (χ1v) is 8.87. The van der Waals surface area contributed by atoms with E-state index in [2.05, 4.69) is 4.98 Å². The maximum Gasteiger partial charge on any atom is 0.260 e. The number of benzene rings is 1. The quantitative estimate of drug-likeness (QED) is 0.915. The average Bonchev–Trinajstić information content (AvgIpc) is 2.98. The average molecular weight is 355 g/mol. The summed E-state index contributed by atoms with van der Waals surface area (Å²) in [5.41, 5.74) is 3.59. The second-order valence-electron chi connectivity index (χ2n) is 6.72. The van der Waals surface area contributed by atoms with Gasteiger partial charge in [0.25, 0.3) is 11.8 Å². The summed E-state index contributed by atoms with van der Waals surface area (Å²) in [6.07, 6.45) is 0. The van der Waals surface area contributed by atoms with Gasteiger partial charge in [-0.05, 0) is 38.5 Å². The molecular weight excluding hydrogens is 330 g/mol. The zero-order valence-electron chi connectivity index (χ0n) is 15.5. The van der Waals surface area contributed by atoms with Crippen molar-refractivity contribution in [3.63, 3.8) is 0 Å². The van der Waals surface area contributed by atoms with E-state index < -0.39 is 0 Å².